The number of rotatable bonds is 9. The van der Waals surface area contributed by atoms with Gasteiger partial charge in [0.25, 0.3) is 0 Å². The predicted molar refractivity (Wildman–Crippen MR) is 160 cm³/mol. The third kappa shape index (κ3) is 7.06. The number of amides is 3. The zero-order chi connectivity index (χ0) is 33.0. The van der Waals surface area contributed by atoms with E-state index in [1.807, 2.05) is 55.6 Å². The number of anilines is 1. The van der Waals surface area contributed by atoms with E-state index < -0.39 is 55.1 Å². The van der Waals surface area contributed by atoms with E-state index in [2.05, 4.69) is 20.9 Å². The van der Waals surface area contributed by atoms with Crippen molar-refractivity contribution in [2.75, 3.05) is 18.1 Å². The van der Waals surface area contributed by atoms with Gasteiger partial charge in [0.2, 0.25) is 17.7 Å². The third-order valence-electron chi connectivity index (χ3n) is 7.85. The molecule has 5 atom stereocenters. The summed E-state index contributed by atoms with van der Waals surface area (Å²) in [5.74, 6) is -2.14. The first kappa shape index (κ1) is 32.7. The van der Waals surface area contributed by atoms with Gasteiger partial charge in [-0.25, -0.2) is 9.07 Å². The van der Waals surface area contributed by atoms with Crippen LogP contribution in [0.3, 0.4) is 0 Å². The molecule has 14 nitrogen and oxygen atoms in total. The molecule has 2 aliphatic heterocycles. The number of alkyl halides is 1. The Hall–Kier alpha value is -4.73. The van der Waals surface area contributed by atoms with Crippen LogP contribution in [0.2, 0.25) is 0 Å². The molecule has 0 aliphatic carbocycles. The average Bonchev–Trinajstić information content (AvgIpc) is 3.41. The highest BCUT2D eigenvalue weighted by molar-refractivity contribution is 6.00. The topological polar surface area (TPSA) is 185 Å². The van der Waals surface area contributed by atoms with Gasteiger partial charge in [-0.1, -0.05) is 47.7 Å². The van der Waals surface area contributed by atoms with Crippen molar-refractivity contribution in [1.29, 1.82) is 0 Å². The largest absolute Gasteiger partial charge is 0.463 e. The van der Waals surface area contributed by atoms with Crippen molar-refractivity contribution in [3.05, 3.63) is 54.1 Å². The van der Waals surface area contributed by atoms with Crippen molar-refractivity contribution in [3.63, 3.8) is 0 Å². The van der Waals surface area contributed by atoms with E-state index in [1.54, 1.807) is 9.58 Å². The van der Waals surface area contributed by atoms with Gasteiger partial charge in [-0.15, -0.1) is 5.10 Å². The summed E-state index contributed by atoms with van der Waals surface area (Å²) in [6.45, 7) is 0.837. The van der Waals surface area contributed by atoms with Gasteiger partial charge in [0.1, 0.15) is 30.6 Å². The number of nitrogens with one attached hydrogen (secondary N) is 2. The SMILES string of the molecule is CC(=O)N[C@H]1C(O)O[C@H](COC(=O)CCC(=O)NCCC(=O)N2Cc3ccccc3-c3c(nnn3C)-c3ccccc32)[C@@H](F)[C@@H]1O. The van der Waals surface area contributed by atoms with Gasteiger partial charge in [-0.05, 0) is 11.6 Å². The van der Waals surface area contributed by atoms with Gasteiger partial charge < -0.3 is 35.2 Å². The van der Waals surface area contributed by atoms with Crippen LogP contribution in [-0.2, 0) is 42.2 Å². The monoisotopic (exact) mass is 638 g/mol. The maximum absolute atomic E-state index is 14.6. The smallest absolute Gasteiger partial charge is 0.306 e. The Balaban J connectivity index is 1.12. The molecular formula is C31H35FN6O8. The van der Waals surface area contributed by atoms with E-state index >= 15 is 0 Å². The summed E-state index contributed by atoms with van der Waals surface area (Å²) in [6, 6.07) is 13.8. The lowest BCUT2D eigenvalue weighted by Crippen LogP contribution is -2.62. The van der Waals surface area contributed by atoms with Crippen molar-refractivity contribution in [2.45, 2.75) is 63.4 Å². The number of hydrogen-bond acceptors (Lipinski definition) is 10. The molecular weight excluding hydrogens is 603 g/mol. The first-order valence-corrected chi connectivity index (χ1v) is 14.8. The predicted octanol–water partition coefficient (Wildman–Crippen LogP) is 0.746. The molecule has 15 heteroatoms. The highest BCUT2D eigenvalue weighted by Gasteiger charge is 2.46. The van der Waals surface area contributed by atoms with Crippen LogP contribution in [0.1, 0.15) is 31.7 Å². The Morgan fingerprint density at radius 2 is 1.76 bits per heavy atom. The van der Waals surface area contributed by atoms with Crippen LogP contribution in [0, 0.1) is 0 Å². The summed E-state index contributed by atoms with van der Waals surface area (Å²) in [5.41, 5.74) is 4.75. The highest BCUT2D eigenvalue weighted by Crippen LogP contribution is 2.40. The lowest BCUT2D eigenvalue weighted by molar-refractivity contribution is -0.242. The first-order valence-electron chi connectivity index (χ1n) is 14.8. The molecule has 1 aromatic heterocycles. The van der Waals surface area contributed by atoms with Crippen molar-refractivity contribution >= 4 is 29.4 Å². The number of para-hydroxylation sites is 1. The van der Waals surface area contributed by atoms with Crippen LogP contribution >= 0.6 is 0 Å². The molecule has 0 spiro atoms. The Kier molecular flexibility index (Phi) is 10.0. The second kappa shape index (κ2) is 14.1. The fourth-order valence-electron chi connectivity index (χ4n) is 5.56. The normalized spacial score (nSPS) is 21.9. The van der Waals surface area contributed by atoms with Gasteiger partial charge in [-0.3, -0.25) is 19.2 Å². The number of aryl methyl sites for hydroxylation is 1. The van der Waals surface area contributed by atoms with E-state index in [0.29, 0.717) is 17.9 Å². The van der Waals surface area contributed by atoms with Gasteiger partial charge in [0.15, 0.2) is 12.5 Å². The quantitative estimate of drug-likeness (QED) is 0.244. The fourth-order valence-corrected chi connectivity index (χ4v) is 5.56. The summed E-state index contributed by atoms with van der Waals surface area (Å²) in [6.07, 6.45) is -7.61. The van der Waals surface area contributed by atoms with Gasteiger partial charge in [-0.2, -0.15) is 0 Å². The number of benzene rings is 2. The first-order chi connectivity index (χ1) is 22.0. The maximum atomic E-state index is 14.6. The molecule has 2 aliphatic rings. The molecule has 3 amide bonds. The number of hydrogen-bond donors (Lipinski definition) is 4. The molecule has 2 aromatic carbocycles. The number of esters is 1. The summed E-state index contributed by atoms with van der Waals surface area (Å²) in [7, 11) is 1.82. The molecule has 1 unspecified atom stereocenters. The number of aromatic nitrogens is 3. The average molecular weight is 639 g/mol. The second-order valence-corrected chi connectivity index (χ2v) is 11.1. The van der Waals surface area contributed by atoms with E-state index in [9.17, 15) is 33.8 Å². The Bertz CT molecular complexity index is 1620. The molecule has 46 heavy (non-hydrogen) atoms. The van der Waals surface area contributed by atoms with E-state index in [4.69, 9.17) is 9.47 Å². The molecule has 3 aromatic rings. The molecule has 4 N–H and O–H groups in total. The third-order valence-corrected chi connectivity index (χ3v) is 7.85. The Morgan fingerprint density at radius 3 is 2.52 bits per heavy atom. The number of ether oxygens (including phenoxy) is 2. The molecule has 3 heterocycles. The van der Waals surface area contributed by atoms with Crippen molar-refractivity contribution in [1.82, 2.24) is 25.6 Å². The number of carbonyl (C=O) groups excluding carboxylic acids is 4. The van der Waals surface area contributed by atoms with Crippen LogP contribution < -0.4 is 15.5 Å². The minimum Gasteiger partial charge on any atom is -0.463 e. The van der Waals surface area contributed by atoms with Gasteiger partial charge >= 0.3 is 5.97 Å². The Morgan fingerprint density at radius 1 is 1.04 bits per heavy atom. The van der Waals surface area contributed by atoms with Crippen LogP contribution in [0.25, 0.3) is 22.5 Å². The van der Waals surface area contributed by atoms with Gasteiger partial charge in [0, 0.05) is 44.5 Å². The second-order valence-electron chi connectivity index (χ2n) is 11.1. The van der Waals surface area contributed by atoms with E-state index in [-0.39, 0.29) is 31.7 Å². The fraction of sp³-hybridized carbons (Fsp3) is 0.419. The van der Waals surface area contributed by atoms with Crippen LogP contribution in [-0.4, -0.2) is 92.8 Å². The Labute approximate surface area is 263 Å². The van der Waals surface area contributed by atoms with Crippen LogP contribution in [0.4, 0.5) is 10.1 Å². The van der Waals surface area contributed by atoms with Gasteiger partial charge in [0.05, 0.1) is 24.3 Å². The lowest BCUT2D eigenvalue weighted by atomic mass is 9.95. The zero-order valence-corrected chi connectivity index (χ0v) is 25.3. The molecule has 0 saturated carbocycles. The maximum Gasteiger partial charge on any atom is 0.306 e. The number of fused-ring (bicyclic) bond motifs is 5. The summed E-state index contributed by atoms with van der Waals surface area (Å²) in [4.78, 5) is 51.0. The minimum atomic E-state index is -2.05. The molecule has 1 saturated heterocycles. The van der Waals surface area contributed by atoms with Crippen molar-refractivity contribution in [2.24, 2.45) is 7.05 Å². The van der Waals surface area contributed by atoms with E-state index in [0.717, 1.165) is 29.3 Å². The number of halogens is 1. The van der Waals surface area contributed by atoms with E-state index in [1.165, 1.54) is 0 Å². The van der Waals surface area contributed by atoms with Crippen LogP contribution in [0.15, 0.2) is 48.5 Å². The molecule has 244 valence electrons. The summed E-state index contributed by atoms with van der Waals surface area (Å²) >= 11 is 0. The molecule has 0 radical (unpaired) electrons. The standard InChI is InChI=1S/C31H35FN6O8/c1-17(39)34-28-30(43)26(32)22(46-31(28)44)16-45-25(42)12-11-23(40)33-14-13-24(41)38-15-18-7-3-4-8-19(18)29-27(35-36-37(29)2)20-9-5-6-10-21(20)38/h3-10,22,26,28,30-31,43-44H,11-16H2,1-2H3,(H,33,40)(H,34,39)/t22-,26-,28-,30+,31?/m1/s1. The highest BCUT2D eigenvalue weighted by atomic mass is 19.1. The summed E-state index contributed by atoms with van der Waals surface area (Å²) in [5, 5.41) is 33.5. The number of nitrogens with zero attached hydrogens (tertiary/aromatic N) is 4. The molecule has 0 bridgehead atoms. The summed E-state index contributed by atoms with van der Waals surface area (Å²) < 4.78 is 26.3. The lowest BCUT2D eigenvalue weighted by Gasteiger charge is -2.39. The van der Waals surface area contributed by atoms with Crippen LogP contribution in [0.5, 0.6) is 0 Å². The zero-order valence-electron chi connectivity index (χ0n) is 25.3. The number of aliphatic hydroxyl groups is 2. The van der Waals surface area contributed by atoms with Crippen molar-refractivity contribution < 1.29 is 43.3 Å². The number of carbonyl (C=O) groups is 4. The van der Waals surface area contributed by atoms with Crippen molar-refractivity contribution in [3.8, 4) is 22.5 Å². The molecule has 1 fully saturated rings. The number of aliphatic hydroxyl groups excluding tert-OH is 2. The minimum absolute atomic E-state index is 0.0128. The molecule has 5 rings (SSSR count).